The van der Waals surface area contributed by atoms with Crippen LogP contribution in [0.4, 0.5) is 0 Å². The van der Waals surface area contributed by atoms with Crippen LogP contribution < -0.4 is 10.6 Å². The van der Waals surface area contributed by atoms with Gasteiger partial charge in [0.2, 0.25) is 0 Å². The summed E-state index contributed by atoms with van der Waals surface area (Å²) in [5.41, 5.74) is 0. The predicted octanol–water partition coefficient (Wildman–Crippen LogP) is 2.82. The fourth-order valence-corrected chi connectivity index (χ4v) is 2.17. The zero-order valence-corrected chi connectivity index (χ0v) is 15.5. The van der Waals surface area contributed by atoms with Crippen molar-refractivity contribution in [3.63, 3.8) is 0 Å². The number of nitrogens with zero attached hydrogens (tertiary/aromatic N) is 2. The Hall–Kier alpha value is -0.370. The van der Waals surface area contributed by atoms with Crippen molar-refractivity contribution in [2.45, 2.75) is 40.2 Å². The normalized spacial score (nSPS) is 13.1. The number of halogens is 1. The van der Waals surface area contributed by atoms with E-state index in [0.29, 0.717) is 12.0 Å². The lowest BCUT2D eigenvalue weighted by atomic mass is 10.1. The zero-order valence-electron chi connectivity index (χ0n) is 12.4. The first-order chi connectivity index (χ1) is 8.52. The Morgan fingerprint density at radius 1 is 1.42 bits per heavy atom. The topological polar surface area (TPSA) is 49.3 Å². The van der Waals surface area contributed by atoms with E-state index < -0.39 is 0 Å². The Bertz CT molecular complexity index is 390. The van der Waals surface area contributed by atoms with Crippen molar-refractivity contribution >= 4 is 41.3 Å². The molecule has 0 aliphatic rings. The molecule has 110 valence electrons. The SMILES string of the molecule is CN=C(NCCc1ncc(C)s1)NC(C)C(C)C.I. The maximum absolute atomic E-state index is 4.35. The van der Waals surface area contributed by atoms with Gasteiger partial charge >= 0.3 is 0 Å². The fourth-order valence-electron chi connectivity index (χ4n) is 1.38. The maximum Gasteiger partial charge on any atom is 0.191 e. The number of aromatic nitrogens is 1. The van der Waals surface area contributed by atoms with E-state index in [1.807, 2.05) is 6.20 Å². The highest BCUT2D eigenvalue weighted by Gasteiger charge is 2.08. The van der Waals surface area contributed by atoms with Crippen molar-refractivity contribution in [2.24, 2.45) is 10.9 Å². The molecule has 1 aromatic rings. The lowest BCUT2D eigenvalue weighted by Gasteiger charge is -2.20. The summed E-state index contributed by atoms with van der Waals surface area (Å²) < 4.78 is 0. The number of thiazole rings is 1. The van der Waals surface area contributed by atoms with E-state index >= 15 is 0 Å². The summed E-state index contributed by atoms with van der Waals surface area (Å²) in [4.78, 5) is 9.83. The molecule has 0 fully saturated rings. The quantitative estimate of drug-likeness (QED) is 0.457. The van der Waals surface area contributed by atoms with Crippen LogP contribution in [-0.2, 0) is 6.42 Å². The molecule has 0 spiro atoms. The van der Waals surface area contributed by atoms with Gasteiger partial charge in [0.05, 0.1) is 5.01 Å². The second-order valence-electron chi connectivity index (χ2n) is 4.79. The van der Waals surface area contributed by atoms with Crippen LogP contribution in [-0.4, -0.2) is 30.6 Å². The standard InChI is InChI=1S/C13H24N4S.HI/c1-9(2)11(4)17-13(14-5)15-7-6-12-16-8-10(3)18-12;/h8-9,11H,6-7H2,1-5H3,(H2,14,15,17);1H. The van der Waals surface area contributed by atoms with Gasteiger partial charge in [-0.3, -0.25) is 4.99 Å². The molecule has 0 aromatic carbocycles. The van der Waals surface area contributed by atoms with E-state index in [2.05, 4.69) is 48.3 Å². The highest BCUT2D eigenvalue weighted by Crippen LogP contribution is 2.10. The van der Waals surface area contributed by atoms with Crippen LogP contribution in [0.2, 0.25) is 0 Å². The molecule has 0 amide bonds. The molecule has 4 nitrogen and oxygen atoms in total. The average molecular weight is 396 g/mol. The second kappa shape index (κ2) is 9.52. The van der Waals surface area contributed by atoms with Crippen LogP contribution in [0.15, 0.2) is 11.2 Å². The van der Waals surface area contributed by atoms with E-state index in [9.17, 15) is 0 Å². The molecule has 6 heteroatoms. The molecule has 1 atom stereocenters. The van der Waals surface area contributed by atoms with Crippen LogP contribution in [0, 0.1) is 12.8 Å². The van der Waals surface area contributed by atoms with Crippen LogP contribution >= 0.6 is 35.3 Å². The number of guanidine groups is 1. The van der Waals surface area contributed by atoms with E-state index in [0.717, 1.165) is 18.9 Å². The minimum Gasteiger partial charge on any atom is -0.356 e. The summed E-state index contributed by atoms with van der Waals surface area (Å²) in [5, 5.41) is 7.87. The largest absolute Gasteiger partial charge is 0.356 e. The lowest BCUT2D eigenvalue weighted by Crippen LogP contribution is -2.44. The second-order valence-corrected chi connectivity index (χ2v) is 6.11. The van der Waals surface area contributed by atoms with Crippen molar-refractivity contribution in [1.82, 2.24) is 15.6 Å². The van der Waals surface area contributed by atoms with E-state index in [4.69, 9.17) is 0 Å². The molecule has 1 unspecified atom stereocenters. The van der Waals surface area contributed by atoms with Gasteiger partial charge < -0.3 is 10.6 Å². The van der Waals surface area contributed by atoms with Crippen molar-refractivity contribution in [2.75, 3.05) is 13.6 Å². The minimum absolute atomic E-state index is 0. The molecule has 0 saturated carbocycles. The fraction of sp³-hybridized carbons (Fsp3) is 0.692. The summed E-state index contributed by atoms with van der Waals surface area (Å²) in [7, 11) is 1.80. The number of hydrogen-bond donors (Lipinski definition) is 2. The van der Waals surface area contributed by atoms with Gasteiger partial charge in [-0.2, -0.15) is 0 Å². The van der Waals surface area contributed by atoms with Gasteiger partial charge in [0.25, 0.3) is 0 Å². The summed E-state index contributed by atoms with van der Waals surface area (Å²) in [6.07, 6.45) is 2.86. The Labute approximate surface area is 137 Å². The van der Waals surface area contributed by atoms with Gasteiger partial charge in [0, 0.05) is 37.1 Å². The zero-order chi connectivity index (χ0) is 13.5. The summed E-state index contributed by atoms with van der Waals surface area (Å²) >= 11 is 1.75. The number of rotatable bonds is 5. The Morgan fingerprint density at radius 3 is 2.58 bits per heavy atom. The van der Waals surface area contributed by atoms with E-state index in [1.165, 1.54) is 9.88 Å². The molecule has 2 N–H and O–H groups in total. The van der Waals surface area contributed by atoms with Gasteiger partial charge in [-0.05, 0) is 19.8 Å². The lowest BCUT2D eigenvalue weighted by molar-refractivity contribution is 0.481. The van der Waals surface area contributed by atoms with Crippen LogP contribution in [0.3, 0.4) is 0 Å². The predicted molar refractivity (Wildman–Crippen MR) is 94.8 cm³/mol. The Kier molecular flexibility index (Phi) is 9.34. The van der Waals surface area contributed by atoms with Crippen molar-refractivity contribution in [3.05, 3.63) is 16.1 Å². The molecule has 0 bridgehead atoms. The van der Waals surface area contributed by atoms with Crippen molar-refractivity contribution in [1.29, 1.82) is 0 Å². The minimum atomic E-state index is 0. The van der Waals surface area contributed by atoms with Crippen molar-refractivity contribution in [3.8, 4) is 0 Å². The summed E-state index contributed by atoms with van der Waals surface area (Å²) in [6, 6.07) is 0.415. The van der Waals surface area contributed by atoms with Gasteiger partial charge in [0.15, 0.2) is 5.96 Å². The number of hydrogen-bond acceptors (Lipinski definition) is 3. The molecule has 0 radical (unpaired) electrons. The van der Waals surface area contributed by atoms with E-state index in [1.54, 1.807) is 18.4 Å². The summed E-state index contributed by atoms with van der Waals surface area (Å²) in [5.74, 6) is 1.45. The molecule has 1 aromatic heterocycles. The van der Waals surface area contributed by atoms with Gasteiger partial charge in [-0.25, -0.2) is 4.98 Å². The summed E-state index contributed by atoms with van der Waals surface area (Å²) in [6.45, 7) is 9.51. The molecule has 0 aliphatic heterocycles. The number of nitrogens with one attached hydrogen (secondary N) is 2. The van der Waals surface area contributed by atoms with E-state index in [-0.39, 0.29) is 24.0 Å². The molecule has 0 aliphatic carbocycles. The smallest absolute Gasteiger partial charge is 0.191 e. The van der Waals surface area contributed by atoms with Crippen LogP contribution in [0.25, 0.3) is 0 Å². The van der Waals surface area contributed by atoms with Crippen LogP contribution in [0.1, 0.15) is 30.7 Å². The third-order valence-corrected chi connectivity index (χ3v) is 3.86. The Balaban J connectivity index is 0.00000324. The third kappa shape index (κ3) is 7.10. The highest BCUT2D eigenvalue weighted by atomic mass is 127. The maximum atomic E-state index is 4.35. The van der Waals surface area contributed by atoms with Gasteiger partial charge in [-0.1, -0.05) is 13.8 Å². The average Bonchev–Trinajstić information content (AvgIpc) is 2.73. The number of aliphatic imine (C=N–C) groups is 1. The third-order valence-electron chi connectivity index (χ3n) is 2.89. The monoisotopic (exact) mass is 396 g/mol. The van der Waals surface area contributed by atoms with Gasteiger partial charge in [0.1, 0.15) is 0 Å². The molecular weight excluding hydrogens is 371 g/mol. The molecule has 19 heavy (non-hydrogen) atoms. The first-order valence-electron chi connectivity index (χ1n) is 6.41. The molecule has 0 saturated heterocycles. The van der Waals surface area contributed by atoms with Crippen LogP contribution in [0.5, 0.6) is 0 Å². The van der Waals surface area contributed by atoms with Gasteiger partial charge in [-0.15, -0.1) is 35.3 Å². The Morgan fingerprint density at radius 2 is 2.11 bits per heavy atom. The highest BCUT2D eigenvalue weighted by molar-refractivity contribution is 14.0. The molecular formula is C13H25IN4S. The molecule has 1 heterocycles. The molecule has 1 rings (SSSR count). The first kappa shape index (κ1) is 18.6. The number of aryl methyl sites for hydroxylation is 1. The van der Waals surface area contributed by atoms with Crippen molar-refractivity contribution < 1.29 is 0 Å². The first-order valence-corrected chi connectivity index (χ1v) is 7.23.